The van der Waals surface area contributed by atoms with Crippen LogP contribution in [-0.4, -0.2) is 21.1 Å². The quantitative estimate of drug-likeness (QED) is 0.694. The number of carbonyl (C=O) groups is 1. The van der Waals surface area contributed by atoms with Gasteiger partial charge in [-0.15, -0.1) is 0 Å². The number of nitrogens with two attached hydrogens (primary N) is 1. The van der Waals surface area contributed by atoms with E-state index in [0.717, 1.165) is 29.7 Å². The van der Waals surface area contributed by atoms with Crippen molar-refractivity contribution in [3.8, 4) is 0 Å². The van der Waals surface area contributed by atoms with Crippen molar-refractivity contribution in [2.24, 2.45) is 0 Å². The molecule has 0 amide bonds. The van der Waals surface area contributed by atoms with Gasteiger partial charge in [0.2, 0.25) is 0 Å². The number of aromatic nitrogens is 2. The number of hydrogen-bond donors (Lipinski definition) is 1. The average molecular weight is 289 g/mol. The molecule has 0 aliphatic heterocycles. The fraction of sp³-hybridized carbons (Fsp3) is 0.500. The van der Waals surface area contributed by atoms with Crippen LogP contribution >= 0.6 is 0 Å². The Morgan fingerprint density at radius 1 is 1.38 bits per heavy atom. The number of hydrogen-bond acceptors (Lipinski definition) is 4. The summed E-state index contributed by atoms with van der Waals surface area (Å²) in [6.45, 7) is 7.80. The number of imidazole rings is 1. The zero-order chi connectivity index (χ0) is 15.6. The second-order valence-electron chi connectivity index (χ2n) is 6.17. The first-order valence-corrected chi connectivity index (χ1v) is 7.27. The fourth-order valence-corrected chi connectivity index (χ4v) is 2.35. The topological polar surface area (TPSA) is 70.1 Å². The molecule has 114 valence electrons. The van der Waals surface area contributed by atoms with Gasteiger partial charge < -0.3 is 15.0 Å². The Kier molecular flexibility index (Phi) is 4.21. The molecule has 5 heteroatoms. The molecule has 21 heavy (non-hydrogen) atoms. The van der Waals surface area contributed by atoms with Crippen LogP contribution in [0.1, 0.15) is 39.9 Å². The van der Waals surface area contributed by atoms with Gasteiger partial charge in [0.1, 0.15) is 18.0 Å². The molecule has 2 rings (SSSR count). The van der Waals surface area contributed by atoms with E-state index in [1.807, 2.05) is 43.5 Å². The molecule has 0 aliphatic rings. The van der Waals surface area contributed by atoms with Crippen molar-refractivity contribution in [2.45, 2.75) is 52.7 Å². The second-order valence-corrected chi connectivity index (χ2v) is 6.17. The van der Waals surface area contributed by atoms with Crippen molar-refractivity contribution in [1.29, 1.82) is 0 Å². The summed E-state index contributed by atoms with van der Waals surface area (Å²) in [5.74, 6) is 0.596. The van der Waals surface area contributed by atoms with Gasteiger partial charge in [0, 0.05) is 6.42 Å². The highest BCUT2D eigenvalue weighted by atomic mass is 16.6. The first-order valence-electron chi connectivity index (χ1n) is 7.27. The van der Waals surface area contributed by atoms with Crippen molar-refractivity contribution in [3.05, 3.63) is 24.0 Å². The Balaban J connectivity index is 2.40. The van der Waals surface area contributed by atoms with E-state index in [2.05, 4.69) is 11.9 Å². The van der Waals surface area contributed by atoms with Crippen LogP contribution in [0.5, 0.6) is 0 Å². The summed E-state index contributed by atoms with van der Waals surface area (Å²) in [5.41, 5.74) is 7.82. The molecule has 0 radical (unpaired) electrons. The van der Waals surface area contributed by atoms with Gasteiger partial charge in [0.25, 0.3) is 0 Å². The summed E-state index contributed by atoms with van der Waals surface area (Å²) in [5, 5.41) is 0. The van der Waals surface area contributed by atoms with E-state index in [4.69, 9.17) is 10.5 Å². The third-order valence-corrected chi connectivity index (χ3v) is 3.06. The average Bonchev–Trinajstić information content (AvgIpc) is 2.67. The van der Waals surface area contributed by atoms with Crippen molar-refractivity contribution in [3.63, 3.8) is 0 Å². The van der Waals surface area contributed by atoms with Crippen LogP contribution in [0, 0.1) is 0 Å². The number of nitrogens with zero attached hydrogens (tertiary/aromatic N) is 2. The lowest BCUT2D eigenvalue weighted by Gasteiger charge is -2.20. The molecule has 2 aromatic rings. The Labute approximate surface area is 125 Å². The zero-order valence-electron chi connectivity index (χ0n) is 13.1. The van der Waals surface area contributed by atoms with Crippen LogP contribution in [0.15, 0.2) is 18.2 Å². The highest BCUT2D eigenvalue weighted by Gasteiger charge is 2.20. The Morgan fingerprint density at radius 2 is 2.10 bits per heavy atom. The Hall–Kier alpha value is -2.04. The van der Waals surface area contributed by atoms with E-state index in [0.29, 0.717) is 5.69 Å². The summed E-state index contributed by atoms with van der Waals surface area (Å²) in [6.07, 6.45) is 1.76. The third-order valence-electron chi connectivity index (χ3n) is 3.06. The number of aryl methyl sites for hydroxylation is 1. The maximum Gasteiger partial charge on any atom is 0.326 e. The molecular weight excluding hydrogens is 266 g/mol. The molecule has 1 aromatic heterocycles. The van der Waals surface area contributed by atoms with Crippen LogP contribution in [0.25, 0.3) is 11.0 Å². The normalized spacial score (nSPS) is 11.8. The fourth-order valence-electron chi connectivity index (χ4n) is 2.35. The van der Waals surface area contributed by atoms with Gasteiger partial charge in [-0.25, -0.2) is 4.98 Å². The van der Waals surface area contributed by atoms with Crippen molar-refractivity contribution in [2.75, 3.05) is 5.73 Å². The molecular formula is C16H23N3O2. The minimum absolute atomic E-state index is 0.136. The highest BCUT2D eigenvalue weighted by molar-refractivity contribution is 5.89. The monoisotopic (exact) mass is 289 g/mol. The lowest BCUT2D eigenvalue weighted by Crippen LogP contribution is -2.27. The smallest absolute Gasteiger partial charge is 0.326 e. The van der Waals surface area contributed by atoms with Gasteiger partial charge in [-0.05, 0) is 39.3 Å². The van der Waals surface area contributed by atoms with Crippen molar-refractivity contribution >= 4 is 22.7 Å². The predicted octanol–water partition coefficient (Wildman–Crippen LogP) is 2.91. The van der Waals surface area contributed by atoms with Gasteiger partial charge in [0.15, 0.2) is 0 Å². The summed E-state index contributed by atoms with van der Waals surface area (Å²) in [6, 6.07) is 5.61. The Bertz CT molecular complexity index is 653. The largest absolute Gasteiger partial charge is 0.459 e. The molecule has 2 N–H and O–H groups in total. The number of rotatable bonds is 4. The minimum Gasteiger partial charge on any atom is -0.459 e. The lowest BCUT2D eigenvalue weighted by molar-refractivity contribution is -0.155. The summed E-state index contributed by atoms with van der Waals surface area (Å²) in [7, 11) is 0. The third kappa shape index (κ3) is 3.54. The SMILES string of the molecule is CCCc1nc2cccc(N)c2n1CC(=O)OC(C)(C)C. The Morgan fingerprint density at radius 3 is 2.71 bits per heavy atom. The van der Waals surface area contributed by atoms with Crippen LogP contribution in [0.3, 0.4) is 0 Å². The van der Waals surface area contributed by atoms with Crippen molar-refractivity contribution in [1.82, 2.24) is 9.55 Å². The molecule has 0 saturated carbocycles. The standard InChI is InChI=1S/C16H23N3O2/c1-5-7-13-18-12-9-6-8-11(17)15(12)19(13)10-14(20)21-16(2,3)4/h6,8-9H,5,7,10,17H2,1-4H3. The number of benzene rings is 1. The van der Waals surface area contributed by atoms with Crippen LogP contribution in [0.2, 0.25) is 0 Å². The second kappa shape index (κ2) is 5.76. The number of anilines is 1. The molecule has 0 spiro atoms. The van der Waals surface area contributed by atoms with E-state index in [1.165, 1.54) is 0 Å². The maximum atomic E-state index is 12.1. The molecule has 0 saturated heterocycles. The van der Waals surface area contributed by atoms with E-state index in [-0.39, 0.29) is 12.5 Å². The highest BCUT2D eigenvalue weighted by Crippen LogP contribution is 2.23. The number of ether oxygens (including phenoxy) is 1. The molecule has 0 bridgehead atoms. The van der Waals surface area contributed by atoms with Crippen LogP contribution in [-0.2, 0) is 22.5 Å². The first-order chi connectivity index (χ1) is 9.81. The van der Waals surface area contributed by atoms with Gasteiger partial charge in [-0.1, -0.05) is 13.0 Å². The molecule has 0 unspecified atom stereocenters. The summed E-state index contributed by atoms with van der Waals surface area (Å²) >= 11 is 0. The summed E-state index contributed by atoms with van der Waals surface area (Å²) in [4.78, 5) is 16.7. The van der Waals surface area contributed by atoms with E-state index in [1.54, 1.807) is 0 Å². The molecule has 1 aromatic carbocycles. The molecule has 0 fully saturated rings. The van der Waals surface area contributed by atoms with Gasteiger partial charge in [0.05, 0.1) is 16.7 Å². The van der Waals surface area contributed by atoms with E-state index >= 15 is 0 Å². The predicted molar refractivity (Wildman–Crippen MR) is 84.0 cm³/mol. The summed E-state index contributed by atoms with van der Waals surface area (Å²) < 4.78 is 7.28. The molecule has 1 heterocycles. The van der Waals surface area contributed by atoms with Crippen molar-refractivity contribution < 1.29 is 9.53 Å². The zero-order valence-corrected chi connectivity index (χ0v) is 13.1. The van der Waals surface area contributed by atoms with Crippen LogP contribution in [0.4, 0.5) is 5.69 Å². The van der Waals surface area contributed by atoms with Crippen LogP contribution < -0.4 is 5.73 Å². The number of esters is 1. The van der Waals surface area contributed by atoms with E-state index in [9.17, 15) is 4.79 Å². The lowest BCUT2D eigenvalue weighted by atomic mass is 10.2. The number of nitrogen functional groups attached to an aromatic ring is 1. The van der Waals surface area contributed by atoms with Gasteiger partial charge in [-0.3, -0.25) is 4.79 Å². The van der Waals surface area contributed by atoms with E-state index < -0.39 is 5.60 Å². The number of carbonyl (C=O) groups excluding carboxylic acids is 1. The van der Waals surface area contributed by atoms with Gasteiger partial charge in [-0.2, -0.15) is 0 Å². The van der Waals surface area contributed by atoms with Gasteiger partial charge >= 0.3 is 5.97 Å². The first kappa shape index (κ1) is 15.4. The molecule has 5 nitrogen and oxygen atoms in total. The maximum absolute atomic E-state index is 12.1. The molecule has 0 aliphatic carbocycles. The molecule has 0 atom stereocenters. The minimum atomic E-state index is -0.496. The number of fused-ring (bicyclic) bond motifs is 1. The number of para-hydroxylation sites is 1.